The van der Waals surface area contributed by atoms with E-state index in [1.165, 1.54) is 0 Å². The van der Waals surface area contributed by atoms with Crippen molar-refractivity contribution in [1.29, 1.82) is 0 Å². The molecule has 1 amide bonds. The van der Waals surface area contributed by atoms with Crippen LogP contribution < -0.4 is 0 Å². The van der Waals surface area contributed by atoms with Crippen LogP contribution >= 0.6 is 0 Å². The zero-order chi connectivity index (χ0) is 17.8. The normalized spacial score (nSPS) is 17.9. The van der Waals surface area contributed by atoms with E-state index in [0.29, 0.717) is 24.7 Å². The van der Waals surface area contributed by atoms with Crippen LogP contribution in [0.4, 0.5) is 0 Å². The van der Waals surface area contributed by atoms with E-state index in [1.807, 2.05) is 55.1 Å². The predicted octanol–water partition coefficient (Wildman–Crippen LogP) is 2.74. The molecule has 1 saturated heterocycles. The minimum absolute atomic E-state index is 0.103. The van der Waals surface area contributed by atoms with Crippen LogP contribution in [0.2, 0.25) is 0 Å². The summed E-state index contributed by atoms with van der Waals surface area (Å²) in [6.07, 6.45) is 3.39. The van der Waals surface area contributed by atoms with E-state index in [1.54, 1.807) is 0 Å². The molecule has 2 heterocycles. The Bertz CT molecular complexity index is 726. The van der Waals surface area contributed by atoms with Gasteiger partial charge in [0.15, 0.2) is 0 Å². The van der Waals surface area contributed by atoms with E-state index in [0.717, 1.165) is 36.9 Å². The van der Waals surface area contributed by atoms with Crippen LogP contribution in [-0.4, -0.2) is 46.5 Å². The van der Waals surface area contributed by atoms with E-state index < -0.39 is 0 Å². The summed E-state index contributed by atoms with van der Waals surface area (Å²) in [5.41, 5.74) is 2.23. The molecule has 0 aliphatic carbocycles. The minimum atomic E-state index is -0.103. The van der Waals surface area contributed by atoms with Gasteiger partial charge in [-0.3, -0.25) is 4.79 Å². The topological polar surface area (TPSA) is 62.5 Å². The summed E-state index contributed by atoms with van der Waals surface area (Å²) < 4.78 is 5.83. The molecule has 1 aliphatic rings. The van der Waals surface area contributed by atoms with Crippen LogP contribution in [0.5, 0.6) is 0 Å². The summed E-state index contributed by atoms with van der Waals surface area (Å²) in [5.74, 6) is 1.29. The van der Waals surface area contributed by atoms with Crippen LogP contribution in [0.1, 0.15) is 48.2 Å². The van der Waals surface area contributed by atoms with Gasteiger partial charge in [-0.2, -0.15) is 0 Å². The van der Waals surface area contributed by atoms with Crippen molar-refractivity contribution in [3.8, 4) is 0 Å². The second-order valence-corrected chi connectivity index (χ2v) is 6.97. The Hall–Kier alpha value is -2.21. The molecule has 2 aromatic rings. The van der Waals surface area contributed by atoms with Crippen LogP contribution in [-0.2, 0) is 17.8 Å². The van der Waals surface area contributed by atoms with Crippen LogP contribution in [0.25, 0.3) is 0 Å². The van der Waals surface area contributed by atoms with Gasteiger partial charge in [0.1, 0.15) is 6.04 Å². The summed E-state index contributed by atoms with van der Waals surface area (Å²) in [6.45, 7) is 3.40. The van der Waals surface area contributed by atoms with Crippen molar-refractivity contribution in [2.24, 2.45) is 0 Å². The average Bonchev–Trinajstić information content (AvgIpc) is 3.04. The lowest BCUT2D eigenvalue weighted by Gasteiger charge is -2.33. The second-order valence-electron chi connectivity index (χ2n) is 6.97. The number of carbonyl (C=O) groups is 1. The fraction of sp³-hybridized carbons (Fsp3) is 0.526. The highest BCUT2D eigenvalue weighted by molar-refractivity contribution is 5.79. The number of amides is 1. The molecule has 0 saturated carbocycles. The highest BCUT2D eigenvalue weighted by Gasteiger charge is 2.32. The molecule has 1 fully saturated rings. The first kappa shape index (κ1) is 17.6. The monoisotopic (exact) mass is 342 g/mol. The van der Waals surface area contributed by atoms with Crippen molar-refractivity contribution in [2.75, 3.05) is 20.6 Å². The molecule has 1 aromatic carbocycles. The third-order valence-corrected chi connectivity index (χ3v) is 4.65. The number of rotatable bonds is 5. The Morgan fingerprint density at radius 3 is 2.84 bits per heavy atom. The molecule has 1 aliphatic heterocycles. The molecule has 1 aromatic heterocycles. The number of hydrogen-bond donors (Lipinski definition) is 0. The number of aryl methyl sites for hydroxylation is 1. The zero-order valence-corrected chi connectivity index (χ0v) is 15.2. The highest BCUT2D eigenvalue weighted by Crippen LogP contribution is 2.31. The quantitative estimate of drug-likeness (QED) is 0.836. The number of nitrogens with zero attached hydrogens (tertiary/aromatic N) is 4. The molecule has 134 valence electrons. The maximum atomic E-state index is 12.9. The molecule has 6 heteroatoms. The van der Waals surface area contributed by atoms with Gasteiger partial charge in [0.2, 0.25) is 17.7 Å². The molecule has 1 unspecified atom stereocenters. The molecule has 0 N–H and O–H groups in total. The van der Waals surface area contributed by atoms with E-state index in [4.69, 9.17) is 4.42 Å². The highest BCUT2D eigenvalue weighted by atomic mass is 16.4. The first-order valence-electron chi connectivity index (χ1n) is 8.85. The Balaban J connectivity index is 1.75. The molecule has 25 heavy (non-hydrogen) atoms. The van der Waals surface area contributed by atoms with Crippen molar-refractivity contribution >= 4 is 5.91 Å². The zero-order valence-electron chi connectivity index (χ0n) is 15.2. The van der Waals surface area contributed by atoms with Crippen LogP contribution in [0.15, 0.2) is 28.7 Å². The maximum Gasteiger partial charge on any atom is 0.239 e. The molecule has 1 atom stereocenters. The maximum absolute atomic E-state index is 12.9. The molecular weight excluding hydrogens is 316 g/mol. The molecule has 6 nitrogen and oxygen atoms in total. The fourth-order valence-electron chi connectivity index (χ4n) is 3.30. The summed E-state index contributed by atoms with van der Waals surface area (Å²) in [6, 6.07) is 7.94. The number of benzene rings is 1. The predicted molar refractivity (Wildman–Crippen MR) is 94.9 cm³/mol. The van der Waals surface area contributed by atoms with Gasteiger partial charge in [-0.1, -0.05) is 24.3 Å². The van der Waals surface area contributed by atoms with Gasteiger partial charge in [0, 0.05) is 6.54 Å². The lowest BCUT2D eigenvalue weighted by Crippen LogP contribution is -2.39. The summed E-state index contributed by atoms with van der Waals surface area (Å²) >= 11 is 0. The van der Waals surface area contributed by atoms with Gasteiger partial charge in [0.25, 0.3) is 0 Å². The Morgan fingerprint density at radius 1 is 1.28 bits per heavy atom. The van der Waals surface area contributed by atoms with Gasteiger partial charge in [-0.25, -0.2) is 0 Å². The Morgan fingerprint density at radius 2 is 2.08 bits per heavy atom. The Labute approximate surface area is 148 Å². The van der Waals surface area contributed by atoms with Gasteiger partial charge in [-0.05, 0) is 51.4 Å². The third kappa shape index (κ3) is 4.25. The summed E-state index contributed by atoms with van der Waals surface area (Å²) in [7, 11) is 3.92. The lowest BCUT2D eigenvalue weighted by molar-refractivity contribution is -0.135. The summed E-state index contributed by atoms with van der Waals surface area (Å²) in [5, 5.41) is 8.34. The van der Waals surface area contributed by atoms with Gasteiger partial charge >= 0.3 is 0 Å². The smallest absolute Gasteiger partial charge is 0.239 e. The average molecular weight is 342 g/mol. The van der Waals surface area contributed by atoms with E-state index in [2.05, 4.69) is 10.2 Å². The molecular formula is C19H26N4O2. The van der Waals surface area contributed by atoms with E-state index >= 15 is 0 Å². The van der Waals surface area contributed by atoms with Gasteiger partial charge < -0.3 is 14.2 Å². The summed E-state index contributed by atoms with van der Waals surface area (Å²) in [4.78, 5) is 16.8. The van der Waals surface area contributed by atoms with Gasteiger partial charge in [-0.15, -0.1) is 10.2 Å². The van der Waals surface area contributed by atoms with Gasteiger partial charge in [0.05, 0.1) is 13.0 Å². The molecule has 0 radical (unpaired) electrons. The number of aromatic nitrogens is 2. The number of hydrogen-bond acceptors (Lipinski definition) is 5. The van der Waals surface area contributed by atoms with Crippen molar-refractivity contribution in [1.82, 2.24) is 20.0 Å². The van der Waals surface area contributed by atoms with Crippen LogP contribution in [0, 0.1) is 6.92 Å². The molecule has 3 rings (SSSR count). The lowest BCUT2D eigenvalue weighted by atomic mass is 9.99. The number of likely N-dealkylation sites (tertiary alicyclic amines) is 1. The second kappa shape index (κ2) is 7.78. The van der Waals surface area contributed by atoms with Crippen LogP contribution in [0.3, 0.4) is 0 Å². The van der Waals surface area contributed by atoms with Crippen molar-refractivity contribution in [2.45, 2.75) is 45.2 Å². The van der Waals surface area contributed by atoms with E-state index in [9.17, 15) is 4.79 Å². The standard InChI is InChI=1S/C19H26N4O2/c1-14-8-4-5-9-15(14)12-18(24)23-11-7-6-10-16(23)19-21-20-17(25-19)13-22(2)3/h4-5,8-9,16H,6-7,10-13H2,1-3H3. The third-order valence-electron chi connectivity index (χ3n) is 4.65. The number of carbonyl (C=O) groups excluding carboxylic acids is 1. The fourth-order valence-corrected chi connectivity index (χ4v) is 3.30. The first-order chi connectivity index (χ1) is 12.0. The molecule has 0 bridgehead atoms. The van der Waals surface area contributed by atoms with Crippen molar-refractivity contribution < 1.29 is 9.21 Å². The van der Waals surface area contributed by atoms with Crippen molar-refractivity contribution in [3.63, 3.8) is 0 Å². The Kier molecular flexibility index (Phi) is 5.48. The SMILES string of the molecule is Cc1ccccc1CC(=O)N1CCCCC1c1nnc(CN(C)C)o1. The first-order valence-corrected chi connectivity index (χ1v) is 8.85. The molecule has 0 spiro atoms. The van der Waals surface area contributed by atoms with Crippen molar-refractivity contribution in [3.05, 3.63) is 47.2 Å². The largest absolute Gasteiger partial charge is 0.422 e. The minimum Gasteiger partial charge on any atom is -0.422 e. The number of piperidine rings is 1. The van der Waals surface area contributed by atoms with E-state index in [-0.39, 0.29) is 11.9 Å².